The second-order valence-corrected chi connectivity index (χ2v) is 7.16. The molecule has 0 saturated heterocycles. The summed E-state index contributed by atoms with van der Waals surface area (Å²) in [7, 11) is 0. The van der Waals surface area contributed by atoms with Gasteiger partial charge >= 0.3 is 0 Å². The first kappa shape index (κ1) is 19.2. The molecule has 0 fully saturated rings. The highest BCUT2D eigenvalue weighted by Crippen LogP contribution is 2.30. The summed E-state index contributed by atoms with van der Waals surface area (Å²) in [5, 5.41) is 4.17. The van der Waals surface area contributed by atoms with E-state index in [0.29, 0.717) is 36.8 Å². The van der Waals surface area contributed by atoms with Gasteiger partial charge in [0.15, 0.2) is 11.5 Å². The van der Waals surface area contributed by atoms with E-state index >= 15 is 0 Å². The highest BCUT2D eigenvalue weighted by molar-refractivity contribution is 7.99. The largest absolute Gasteiger partial charge is 0.490 e. The van der Waals surface area contributed by atoms with Gasteiger partial charge in [-0.05, 0) is 49.4 Å². The summed E-state index contributed by atoms with van der Waals surface area (Å²) in [5.74, 6) is 1.58. The number of halogens is 1. The lowest BCUT2D eigenvalue weighted by molar-refractivity contribution is -0.120. The molecule has 0 unspecified atom stereocenters. The van der Waals surface area contributed by atoms with E-state index in [9.17, 15) is 9.18 Å². The summed E-state index contributed by atoms with van der Waals surface area (Å²) < 4.78 is 24.1. The molecular formula is C20H21FN2O3S. The van der Waals surface area contributed by atoms with Gasteiger partial charge in [-0.3, -0.25) is 4.79 Å². The Kier molecular flexibility index (Phi) is 6.70. The van der Waals surface area contributed by atoms with Crippen LogP contribution in [0, 0.1) is 5.82 Å². The molecule has 142 valence electrons. The molecule has 0 bridgehead atoms. The molecule has 27 heavy (non-hydrogen) atoms. The van der Waals surface area contributed by atoms with Crippen LogP contribution in [0.25, 0.3) is 0 Å². The van der Waals surface area contributed by atoms with Crippen LogP contribution in [0.2, 0.25) is 0 Å². The minimum absolute atomic E-state index is 0.168. The average Bonchev–Trinajstić information content (AvgIpc) is 2.92. The van der Waals surface area contributed by atoms with E-state index in [1.807, 2.05) is 25.1 Å². The van der Waals surface area contributed by atoms with Gasteiger partial charge in [-0.2, -0.15) is 5.10 Å². The number of thioether (sulfide) groups is 1. The molecule has 1 aliphatic rings. The van der Waals surface area contributed by atoms with Crippen molar-refractivity contribution in [3.63, 3.8) is 0 Å². The quantitative estimate of drug-likeness (QED) is 0.461. The first-order chi connectivity index (χ1) is 13.1. The van der Waals surface area contributed by atoms with Crippen molar-refractivity contribution in [2.24, 2.45) is 5.10 Å². The van der Waals surface area contributed by atoms with Crippen LogP contribution in [0.1, 0.15) is 25.3 Å². The monoisotopic (exact) mass is 388 g/mol. The minimum Gasteiger partial charge on any atom is -0.490 e. The Morgan fingerprint density at radius 3 is 2.67 bits per heavy atom. The third-order valence-electron chi connectivity index (χ3n) is 3.93. The number of benzene rings is 2. The standard InChI is InChI=1S/C20H21FN2O3S/c1-14(15-3-8-18-19(13-15)26-11-2-10-25-18)22-23-20(24)9-12-27-17-6-4-16(21)5-7-17/h3-8,13H,2,9-12H2,1H3,(H,23,24). The molecule has 5 nitrogen and oxygen atoms in total. The Morgan fingerprint density at radius 1 is 1.15 bits per heavy atom. The zero-order valence-corrected chi connectivity index (χ0v) is 15.9. The predicted octanol–water partition coefficient (Wildman–Crippen LogP) is 4.01. The molecule has 2 aromatic carbocycles. The molecule has 3 rings (SSSR count). The predicted molar refractivity (Wildman–Crippen MR) is 104 cm³/mol. The molecule has 0 spiro atoms. The summed E-state index contributed by atoms with van der Waals surface area (Å²) >= 11 is 1.50. The van der Waals surface area contributed by atoms with Gasteiger partial charge in [-0.15, -0.1) is 11.8 Å². The average molecular weight is 388 g/mol. The SMILES string of the molecule is CC(=NNC(=O)CCSc1ccc(F)cc1)c1ccc2c(c1)OCCCO2. The lowest BCUT2D eigenvalue weighted by atomic mass is 10.1. The lowest BCUT2D eigenvalue weighted by Gasteiger charge is -2.09. The van der Waals surface area contributed by atoms with E-state index in [-0.39, 0.29) is 11.7 Å². The summed E-state index contributed by atoms with van der Waals surface area (Å²) in [6.07, 6.45) is 1.17. The van der Waals surface area contributed by atoms with Crippen LogP contribution in [0.15, 0.2) is 52.5 Å². The molecule has 1 N–H and O–H groups in total. The molecule has 0 saturated carbocycles. The van der Waals surface area contributed by atoms with Gasteiger partial charge in [0.1, 0.15) is 5.82 Å². The Hall–Kier alpha value is -2.54. The zero-order valence-electron chi connectivity index (χ0n) is 15.0. The van der Waals surface area contributed by atoms with Gasteiger partial charge in [-0.25, -0.2) is 9.82 Å². The summed E-state index contributed by atoms with van der Waals surface area (Å²) in [6, 6.07) is 11.8. The second-order valence-electron chi connectivity index (χ2n) is 6.00. The van der Waals surface area contributed by atoms with Crippen molar-refractivity contribution >= 4 is 23.4 Å². The Balaban J connectivity index is 1.50. The summed E-state index contributed by atoms with van der Waals surface area (Å²) in [4.78, 5) is 12.9. The number of nitrogens with zero attached hydrogens (tertiary/aromatic N) is 1. The van der Waals surface area contributed by atoms with Gasteiger partial charge in [0.25, 0.3) is 0 Å². The normalized spacial score (nSPS) is 13.8. The fraction of sp³-hybridized carbons (Fsp3) is 0.300. The van der Waals surface area contributed by atoms with E-state index in [0.717, 1.165) is 22.6 Å². The van der Waals surface area contributed by atoms with E-state index < -0.39 is 0 Å². The number of carbonyl (C=O) groups excluding carboxylic acids is 1. The zero-order chi connectivity index (χ0) is 19.1. The van der Waals surface area contributed by atoms with Gasteiger partial charge in [0.05, 0.1) is 18.9 Å². The van der Waals surface area contributed by atoms with Crippen molar-refractivity contribution in [3.8, 4) is 11.5 Å². The first-order valence-corrected chi connectivity index (χ1v) is 9.72. The van der Waals surface area contributed by atoms with Crippen molar-refractivity contribution in [2.45, 2.75) is 24.7 Å². The number of ether oxygens (including phenoxy) is 2. The molecule has 0 aliphatic carbocycles. The van der Waals surface area contributed by atoms with Crippen LogP contribution in [0.4, 0.5) is 4.39 Å². The molecule has 0 aromatic heterocycles. The van der Waals surface area contributed by atoms with Crippen LogP contribution in [0.5, 0.6) is 11.5 Å². The first-order valence-electron chi connectivity index (χ1n) is 8.73. The molecular weight excluding hydrogens is 367 g/mol. The van der Waals surface area contributed by atoms with Gasteiger partial charge < -0.3 is 9.47 Å². The number of amides is 1. The molecule has 1 heterocycles. The van der Waals surface area contributed by atoms with Crippen molar-refractivity contribution in [3.05, 3.63) is 53.8 Å². The maximum Gasteiger partial charge on any atom is 0.240 e. The number of rotatable bonds is 6. The maximum absolute atomic E-state index is 12.9. The van der Waals surface area contributed by atoms with E-state index in [4.69, 9.17) is 9.47 Å². The van der Waals surface area contributed by atoms with E-state index in [1.54, 1.807) is 12.1 Å². The number of hydrogen-bond donors (Lipinski definition) is 1. The van der Waals surface area contributed by atoms with Gasteiger partial charge in [-0.1, -0.05) is 0 Å². The Morgan fingerprint density at radius 2 is 1.89 bits per heavy atom. The highest BCUT2D eigenvalue weighted by Gasteiger charge is 2.12. The van der Waals surface area contributed by atoms with Crippen LogP contribution < -0.4 is 14.9 Å². The Labute approximate surface area is 161 Å². The van der Waals surface area contributed by atoms with Crippen LogP contribution >= 0.6 is 11.8 Å². The number of nitrogens with one attached hydrogen (secondary N) is 1. The molecule has 7 heteroatoms. The van der Waals surface area contributed by atoms with Crippen LogP contribution in [-0.4, -0.2) is 30.6 Å². The van der Waals surface area contributed by atoms with Gasteiger partial charge in [0.2, 0.25) is 5.91 Å². The summed E-state index contributed by atoms with van der Waals surface area (Å²) in [6.45, 7) is 3.09. The molecule has 0 atom stereocenters. The van der Waals surface area contributed by atoms with E-state index in [2.05, 4.69) is 10.5 Å². The molecule has 0 radical (unpaired) electrons. The van der Waals surface area contributed by atoms with Gasteiger partial charge in [0, 0.05) is 29.1 Å². The van der Waals surface area contributed by atoms with Crippen molar-refractivity contribution in [1.82, 2.24) is 5.43 Å². The number of fused-ring (bicyclic) bond motifs is 1. The molecule has 1 amide bonds. The van der Waals surface area contributed by atoms with Crippen molar-refractivity contribution in [1.29, 1.82) is 0 Å². The highest BCUT2D eigenvalue weighted by atomic mass is 32.2. The summed E-state index contributed by atoms with van der Waals surface area (Å²) in [5.41, 5.74) is 4.12. The van der Waals surface area contributed by atoms with Crippen molar-refractivity contribution in [2.75, 3.05) is 19.0 Å². The molecule has 1 aliphatic heterocycles. The third kappa shape index (κ3) is 5.72. The third-order valence-corrected chi connectivity index (χ3v) is 4.94. The smallest absolute Gasteiger partial charge is 0.240 e. The van der Waals surface area contributed by atoms with E-state index in [1.165, 1.54) is 23.9 Å². The maximum atomic E-state index is 12.9. The topological polar surface area (TPSA) is 59.9 Å². The fourth-order valence-electron chi connectivity index (χ4n) is 2.45. The van der Waals surface area contributed by atoms with Crippen LogP contribution in [0.3, 0.4) is 0 Å². The second kappa shape index (κ2) is 9.41. The minimum atomic E-state index is -0.267. The number of hydrazone groups is 1. The number of carbonyl (C=O) groups is 1. The lowest BCUT2D eigenvalue weighted by Crippen LogP contribution is -2.19. The van der Waals surface area contributed by atoms with Crippen LogP contribution in [-0.2, 0) is 4.79 Å². The molecule has 2 aromatic rings. The Bertz CT molecular complexity index is 824. The number of hydrogen-bond acceptors (Lipinski definition) is 5. The van der Waals surface area contributed by atoms with Crippen molar-refractivity contribution < 1.29 is 18.7 Å². The fourth-order valence-corrected chi connectivity index (χ4v) is 3.30.